The van der Waals surface area contributed by atoms with Gasteiger partial charge in [-0.1, -0.05) is 27.5 Å². The Morgan fingerprint density at radius 3 is 2.46 bits per heavy atom. The van der Waals surface area contributed by atoms with Crippen molar-refractivity contribution in [3.05, 3.63) is 57.5 Å². The van der Waals surface area contributed by atoms with Crippen LogP contribution in [-0.4, -0.2) is 25.0 Å². The summed E-state index contributed by atoms with van der Waals surface area (Å²) in [6, 6.07) is 10.7. The van der Waals surface area contributed by atoms with Crippen LogP contribution >= 0.6 is 27.5 Å². The van der Waals surface area contributed by atoms with Crippen LogP contribution in [0.15, 0.2) is 46.9 Å². The molecule has 2 N–H and O–H groups in total. The van der Waals surface area contributed by atoms with E-state index in [1.54, 1.807) is 24.3 Å². The van der Waals surface area contributed by atoms with Crippen LogP contribution in [0.25, 0.3) is 0 Å². The van der Waals surface area contributed by atoms with Crippen molar-refractivity contribution in [2.45, 2.75) is 13.0 Å². The lowest BCUT2D eigenvalue weighted by molar-refractivity contribution is -0.116. The molecule has 0 saturated carbocycles. The van der Waals surface area contributed by atoms with Gasteiger partial charge in [-0.25, -0.2) is 0 Å². The van der Waals surface area contributed by atoms with Crippen LogP contribution < -0.4 is 15.4 Å². The maximum atomic E-state index is 12.2. The molecule has 0 atom stereocenters. The molecular formula is C17H14BrClF2N2O3. The van der Waals surface area contributed by atoms with Gasteiger partial charge in [-0.15, -0.1) is 0 Å². The molecule has 2 aromatic rings. The van der Waals surface area contributed by atoms with Crippen LogP contribution in [-0.2, 0) is 4.79 Å². The number of benzene rings is 2. The average molecular weight is 448 g/mol. The molecule has 0 heterocycles. The Hall–Kier alpha value is -2.19. The molecule has 0 bridgehead atoms. The van der Waals surface area contributed by atoms with Gasteiger partial charge in [0.2, 0.25) is 5.91 Å². The molecule has 0 fully saturated rings. The van der Waals surface area contributed by atoms with Gasteiger partial charge in [0.15, 0.2) is 0 Å². The van der Waals surface area contributed by atoms with Gasteiger partial charge in [-0.2, -0.15) is 8.78 Å². The van der Waals surface area contributed by atoms with Crippen molar-refractivity contribution >= 4 is 45.0 Å². The molecule has 0 aliphatic rings. The summed E-state index contributed by atoms with van der Waals surface area (Å²) >= 11 is 9.09. The Labute approximate surface area is 161 Å². The van der Waals surface area contributed by atoms with Crippen molar-refractivity contribution in [3.63, 3.8) is 0 Å². The Morgan fingerprint density at radius 1 is 1.15 bits per heavy atom. The number of hydrogen-bond donors (Lipinski definition) is 2. The van der Waals surface area contributed by atoms with E-state index in [4.69, 9.17) is 11.6 Å². The summed E-state index contributed by atoms with van der Waals surface area (Å²) < 4.78 is 29.4. The SMILES string of the molecule is O=C(CCNC(=O)c1ccc(Br)cc1)Nc1ccc(OC(F)F)c(Cl)c1. The second-order valence-corrected chi connectivity index (χ2v) is 6.41. The maximum absolute atomic E-state index is 12.2. The second-order valence-electron chi connectivity index (χ2n) is 5.08. The maximum Gasteiger partial charge on any atom is 0.387 e. The van der Waals surface area contributed by atoms with Crippen molar-refractivity contribution in [2.75, 3.05) is 11.9 Å². The molecule has 0 saturated heterocycles. The number of carbonyl (C=O) groups excluding carboxylic acids is 2. The van der Waals surface area contributed by atoms with E-state index in [0.29, 0.717) is 11.3 Å². The fourth-order valence-electron chi connectivity index (χ4n) is 1.99. The first kappa shape index (κ1) is 20.1. The lowest BCUT2D eigenvalue weighted by Gasteiger charge is -2.10. The number of ether oxygens (including phenoxy) is 1. The lowest BCUT2D eigenvalue weighted by Crippen LogP contribution is -2.27. The van der Waals surface area contributed by atoms with E-state index < -0.39 is 6.61 Å². The molecule has 0 unspecified atom stereocenters. The minimum atomic E-state index is -2.98. The molecule has 5 nitrogen and oxygen atoms in total. The number of rotatable bonds is 7. The third-order valence-electron chi connectivity index (χ3n) is 3.18. The second kappa shape index (κ2) is 9.49. The molecule has 138 valence electrons. The zero-order valence-electron chi connectivity index (χ0n) is 13.3. The summed E-state index contributed by atoms with van der Waals surface area (Å²) in [4.78, 5) is 23.8. The highest BCUT2D eigenvalue weighted by atomic mass is 79.9. The largest absolute Gasteiger partial charge is 0.433 e. The van der Waals surface area contributed by atoms with Gasteiger partial charge in [0.1, 0.15) is 5.75 Å². The monoisotopic (exact) mass is 446 g/mol. The predicted molar refractivity (Wildman–Crippen MR) is 97.8 cm³/mol. The Kier molecular flexibility index (Phi) is 7.35. The average Bonchev–Trinajstić information content (AvgIpc) is 2.57. The highest BCUT2D eigenvalue weighted by Crippen LogP contribution is 2.28. The Bertz CT molecular complexity index is 788. The number of carbonyl (C=O) groups is 2. The highest BCUT2D eigenvalue weighted by molar-refractivity contribution is 9.10. The van der Waals surface area contributed by atoms with Crippen LogP contribution in [0.5, 0.6) is 5.75 Å². The molecule has 2 rings (SSSR count). The number of anilines is 1. The van der Waals surface area contributed by atoms with Gasteiger partial charge in [0.05, 0.1) is 5.02 Å². The first-order valence-corrected chi connectivity index (χ1v) is 8.60. The first-order chi connectivity index (χ1) is 12.3. The van der Waals surface area contributed by atoms with Gasteiger partial charge in [-0.05, 0) is 42.5 Å². The van der Waals surface area contributed by atoms with Crippen molar-refractivity contribution in [1.82, 2.24) is 5.32 Å². The molecule has 26 heavy (non-hydrogen) atoms. The normalized spacial score (nSPS) is 10.5. The van der Waals surface area contributed by atoms with Crippen LogP contribution in [0.2, 0.25) is 5.02 Å². The Morgan fingerprint density at radius 2 is 1.85 bits per heavy atom. The van der Waals surface area contributed by atoms with Crippen molar-refractivity contribution < 1.29 is 23.1 Å². The minimum Gasteiger partial charge on any atom is -0.433 e. The summed E-state index contributed by atoms with van der Waals surface area (Å²) in [5.41, 5.74) is 0.816. The van der Waals surface area contributed by atoms with Crippen LogP contribution in [0.3, 0.4) is 0 Å². The van der Waals surface area contributed by atoms with Crippen molar-refractivity contribution in [1.29, 1.82) is 0 Å². The summed E-state index contributed by atoms with van der Waals surface area (Å²) in [5.74, 6) is -0.831. The van der Waals surface area contributed by atoms with Gasteiger partial charge in [0.25, 0.3) is 5.91 Å². The third kappa shape index (κ3) is 6.27. The number of nitrogens with one attached hydrogen (secondary N) is 2. The van der Waals surface area contributed by atoms with Gasteiger partial charge < -0.3 is 15.4 Å². The number of hydrogen-bond acceptors (Lipinski definition) is 3. The van der Waals surface area contributed by atoms with Crippen molar-refractivity contribution in [3.8, 4) is 5.75 Å². The number of halogens is 4. The van der Waals surface area contributed by atoms with Crippen LogP contribution in [0.1, 0.15) is 16.8 Å². The molecular weight excluding hydrogens is 434 g/mol. The van der Waals surface area contributed by atoms with E-state index in [1.807, 2.05) is 0 Å². The van der Waals surface area contributed by atoms with Gasteiger partial charge >= 0.3 is 6.61 Å². The zero-order chi connectivity index (χ0) is 19.1. The van der Waals surface area contributed by atoms with E-state index in [2.05, 4.69) is 31.3 Å². The fraction of sp³-hybridized carbons (Fsp3) is 0.176. The molecule has 2 amide bonds. The third-order valence-corrected chi connectivity index (χ3v) is 4.00. The summed E-state index contributed by atoms with van der Waals surface area (Å²) in [5, 5.41) is 5.14. The fourth-order valence-corrected chi connectivity index (χ4v) is 2.48. The molecule has 2 aromatic carbocycles. The standard InChI is InChI=1S/C17H14BrClF2N2O3/c18-11-3-1-10(2-4-11)16(25)22-8-7-15(24)23-12-5-6-14(13(19)9-12)26-17(20)21/h1-6,9,17H,7-8H2,(H,22,25)(H,23,24). The Balaban J connectivity index is 1.80. The summed E-state index contributed by atoms with van der Waals surface area (Å²) in [6.07, 6.45) is 0.0369. The molecule has 0 radical (unpaired) electrons. The summed E-state index contributed by atoms with van der Waals surface area (Å²) in [6.45, 7) is -2.84. The smallest absolute Gasteiger partial charge is 0.387 e. The van der Waals surface area contributed by atoms with E-state index in [9.17, 15) is 18.4 Å². The minimum absolute atomic E-state index is 0.0369. The number of amides is 2. The first-order valence-electron chi connectivity index (χ1n) is 7.43. The number of alkyl halides is 2. The molecule has 0 spiro atoms. The van der Waals surface area contributed by atoms with E-state index >= 15 is 0 Å². The topological polar surface area (TPSA) is 67.4 Å². The highest BCUT2D eigenvalue weighted by Gasteiger charge is 2.11. The molecule has 9 heteroatoms. The molecule has 0 aliphatic heterocycles. The summed E-state index contributed by atoms with van der Waals surface area (Å²) in [7, 11) is 0. The van der Waals surface area contributed by atoms with E-state index in [0.717, 1.165) is 4.47 Å². The lowest BCUT2D eigenvalue weighted by atomic mass is 10.2. The molecule has 0 aliphatic carbocycles. The van der Waals surface area contributed by atoms with Crippen LogP contribution in [0.4, 0.5) is 14.5 Å². The van der Waals surface area contributed by atoms with Crippen molar-refractivity contribution in [2.24, 2.45) is 0 Å². The van der Waals surface area contributed by atoms with Crippen LogP contribution in [0, 0.1) is 0 Å². The van der Waals surface area contributed by atoms with E-state index in [1.165, 1.54) is 18.2 Å². The molecule has 0 aromatic heterocycles. The van der Waals surface area contributed by atoms with Gasteiger partial charge in [-0.3, -0.25) is 9.59 Å². The zero-order valence-corrected chi connectivity index (χ0v) is 15.6. The van der Waals surface area contributed by atoms with E-state index in [-0.39, 0.29) is 35.6 Å². The predicted octanol–water partition coefficient (Wildman–Crippen LogP) is 4.46. The van der Waals surface area contributed by atoms with Gasteiger partial charge in [0, 0.05) is 28.7 Å². The quantitative estimate of drug-likeness (QED) is 0.658.